The highest BCUT2D eigenvalue weighted by molar-refractivity contribution is 6.91. The molecule has 1 aromatic heterocycles. The third kappa shape index (κ3) is 7.65. The van der Waals surface area contributed by atoms with Crippen molar-refractivity contribution in [2.75, 3.05) is 37.2 Å². The van der Waals surface area contributed by atoms with Gasteiger partial charge in [-0.15, -0.1) is 5.10 Å². The molecule has 5 aromatic rings. The molecule has 0 saturated carbocycles. The molecule has 1 N–H and O–H groups in total. The molecule has 11 nitrogen and oxygen atoms in total. The van der Waals surface area contributed by atoms with E-state index in [2.05, 4.69) is 42.5 Å². The number of methoxy groups -OCH3 is 2. The first-order valence-corrected chi connectivity index (χ1v) is 24.4. The molecule has 60 heavy (non-hydrogen) atoms. The Morgan fingerprint density at radius 1 is 0.900 bits per heavy atom. The van der Waals surface area contributed by atoms with E-state index in [4.69, 9.17) is 14.2 Å². The van der Waals surface area contributed by atoms with Crippen molar-refractivity contribution in [1.29, 1.82) is 0 Å². The number of carbonyl (C=O) groups is 2. The third-order valence-electron chi connectivity index (χ3n) is 13.4. The summed E-state index contributed by atoms with van der Waals surface area (Å²) in [5, 5.41) is 20.6. The van der Waals surface area contributed by atoms with E-state index in [1.54, 1.807) is 14.2 Å². The van der Waals surface area contributed by atoms with Crippen LogP contribution in [0.5, 0.6) is 11.5 Å². The summed E-state index contributed by atoms with van der Waals surface area (Å²) in [6.45, 7) is 8.48. The molecule has 0 aliphatic carbocycles. The number of nitrogens with zero attached hydrogens (tertiary/aromatic N) is 5. The van der Waals surface area contributed by atoms with E-state index in [9.17, 15) is 9.90 Å². The highest BCUT2D eigenvalue weighted by Crippen LogP contribution is 2.60. The summed E-state index contributed by atoms with van der Waals surface area (Å²) in [5.74, 6) is 1.08. The first-order valence-electron chi connectivity index (χ1n) is 21.4. The number of anilines is 2. The second-order valence-corrected chi connectivity index (χ2v) is 21.8. The summed E-state index contributed by atoms with van der Waals surface area (Å²) in [7, 11) is 0.928. The molecular weight excluding hydrogens is 771 g/mol. The zero-order chi connectivity index (χ0) is 42.0. The van der Waals surface area contributed by atoms with E-state index in [1.807, 2.05) is 106 Å². The Labute approximate surface area is 354 Å². The maximum absolute atomic E-state index is 15.4. The van der Waals surface area contributed by atoms with Gasteiger partial charge in [0.05, 0.1) is 58.8 Å². The van der Waals surface area contributed by atoms with Crippen LogP contribution in [0.1, 0.15) is 73.8 Å². The SMILES string of the molecule is COc1ccc([Si](C)(C)[C@@H]2[C@@H](CCn3cc(C(CO)c4ccccc4)nn3)O[C@]3(C(=O)N(Cc4ccc(N5CCCCCCC5=O)cc4)c4ccc(OC)cc43)[C@H]2C)cc1. The van der Waals surface area contributed by atoms with Gasteiger partial charge in [-0.1, -0.05) is 97.9 Å². The van der Waals surface area contributed by atoms with Crippen LogP contribution >= 0.6 is 0 Å². The number of fused-ring (bicyclic) bond motifs is 2. The molecule has 0 bridgehead atoms. The van der Waals surface area contributed by atoms with Gasteiger partial charge < -0.3 is 29.1 Å². The molecule has 5 atom stereocenters. The lowest BCUT2D eigenvalue weighted by atomic mass is 9.82. The fraction of sp³-hybridized carbons (Fsp3) is 0.417. The van der Waals surface area contributed by atoms with Crippen molar-refractivity contribution < 1.29 is 28.9 Å². The zero-order valence-corrected chi connectivity index (χ0v) is 36.4. The molecule has 2 saturated heterocycles. The van der Waals surface area contributed by atoms with Crippen molar-refractivity contribution in [3.05, 3.63) is 126 Å². The fourth-order valence-electron chi connectivity index (χ4n) is 10.1. The van der Waals surface area contributed by atoms with Gasteiger partial charge >= 0.3 is 0 Å². The number of hydrogen-bond donors (Lipinski definition) is 1. The molecule has 0 radical (unpaired) electrons. The molecule has 4 aromatic carbocycles. The van der Waals surface area contributed by atoms with Crippen molar-refractivity contribution in [2.45, 2.75) is 94.8 Å². The fourth-order valence-corrected chi connectivity index (χ4v) is 14.2. The molecule has 4 heterocycles. The number of carbonyl (C=O) groups excluding carboxylic acids is 2. The number of ether oxygens (including phenoxy) is 3. The Morgan fingerprint density at radius 3 is 2.33 bits per heavy atom. The van der Waals surface area contributed by atoms with Gasteiger partial charge in [0.2, 0.25) is 5.91 Å². The lowest BCUT2D eigenvalue weighted by molar-refractivity contribution is -0.146. The van der Waals surface area contributed by atoms with Gasteiger partial charge in [-0.05, 0) is 78.4 Å². The monoisotopic (exact) mass is 827 g/mol. The first-order chi connectivity index (χ1) is 29.1. The van der Waals surface area contributed by atoms with E-state index in [0.29, 0.717) is 37.4 Å². The average Bonchev–Trinajstić information content (AvgIpc) is 3.92. The highest BCUT2D eigenvalue weighted by Gasteiger charge is 2.66. The molecule has 3 aliphatic heterocycles. The molecule has 2 fully saturated rings. The van der Waals surface area contributed by atoms with Crippen molar-refractivity contribution in [3.8, 4) is 11.5 Å². The van der Waals surface area contributed by atoms with Gasteiger partial charge in [-0.2, -0.15) is 0 Å². The van der Waals surface area contributed by atoms with E-state index >= 15 is 4.79 Å². The third-order valence-corrected chi connectivity index (χ3v) is 17.8. The molecule has 3 aliphatic rings. The standard InChI is InChI=1S/C48H57N5O6Si/c1-33-46(60(4,5)39-23-20-37(57-2)21-24-39)44(26-28-51-31-42(49-50-51)40(32-54)35-13-9-8-10-14-35)59-48(33)41-29-38(58-3)22-25-43(41)53(47(48)56)30-34-16-18-36(19-17-34)52-27-12-7-6-11-15-45(52)55/h8-10,13-14,16-25,29,31,33,40,44,46,54H,6-7,11-12,15,26-28,30,32H2,1-5H3/t33-,40?,44+,46-,48+/m0/s1. The van der Waals surface area contributed by atoms with Crippen LogP contribution in [0.4, 0.5) is 11.4 Å². The van der Waals surface area contributed by atoms with E-state index < -0.39 is 13.7 Å². The Morgan fingerprint density at radius 2 is 1.62 bits per heavy atom. The topological polar surface area (TPSA) is 119 Å². The van der Waals surface area contributed by atoms with Crippen LogP contribution in [-0.4, -0.2) is 73.5 Å². The van der Waals surface area contributed by atoms with Crippen molar-refractivity contribution in [2.24, 2.45) is 5.92 Å². The van der Waals surface area contributed by atoms with E-state index in [0.717, 1.165) is 66.0 Å². The highest BCUT2D eigenvalue weighted by atomic mass is 28.3. The van der Waals surface area contributed by atoms with Crippen LogP contribution in [-0.2, 0) is 33.0 Å². The molecule has 12 heteroatoms. The van der Waals surface area contributed by atoms with Gasteiger partial charge in [-0.25, -0.2) is 0 Å². The van der Waals surface area contributed by atoms with Gasteiger partial charge in [-0.3, -0.25) is 14.3 Å². The van der Waals surface area contributed by atoms with Crippen LogP contribution in [0.25, 0.3) is 0 Å². The molecule has 8 rings (SSSR count). The zero-order valence-electron chi connectivity index (χ0n) is 35.4. The summed E-state index contributed by atoms with van der Waals surface area (Å²) in [4.78, 5) is 32.3. The summed E-state index contributed by atoms with van der Waals surface area (Å²) in [6.07, 6.45) is 6.96. The van der Waals surface area contributed by atoms with E-state index in [1.165, 1.54) is 5.19 Å². The number of benzene rings is 4. The van der Waals surface area contributed by atoms with Crippen LogP contribution in [0.3, 0.4) is 0 Å². The largest absolute Gasteiger partial charge is 0.497 e. The normalized spacial score (nSPS) is 22.5. The van der Waals surface area contributed by atoms with Crippen LogP contribution in [0.2, 0.25) is 18.6 Å². The van der Waals surface area contributed by atoms with Gasteiger partial charge in [0.25, 0.3) is 5.91 Å². The molecule has 1 spiro atoms. The number of aromatic nitrogens is 3. The minimum Gasteiger partial charge on any atom is -0.497 e. The van der Waals surface area contributed by atoms with Crippen molar-refractivity contribution in [1.82, 2.24) is 15.0 Å². The Hall–Kier alpha value is -5.30. The second-order valence-electron chi connectivity index (χ2n) is 17.1. The van der Waals surface area contributed by atoms with Gasteiger partial charge in [0.15, 0.2) is 5.60 Å². The summed E-state index contributed by atoms with van der Waals surface area (Å²) >= 11 is 0. The second kappa shape index (κ2) is 17.4. The summed E-state index contributed by atoms with van der Waals surface area (Å²) < 4.78 is 20.6. The lowest BCUT2D eigenvalue weighted by Gasteiger charge is -2.37. The Balaban J connectivity index is 1.13. The summed E-state index contributed by atoms with van der Waals surface area (Å²) in [6, 6.07) is 32.3. The minimum absolute atomic E-state index is 0.0287. The van der Waals surface area contributed by atoms with Gasteiger partial charge in [0.1, 0.15) is 11.5 Å². The van der Waals surface area contributed by atoms with Crippen molar-refractivity contribution in [3.63, 3.8) is 0 Å². The average molecular weight is 828 g/mol. The van der Waals surface area contributed by atoms with E-state index in [-0.39, 0.29) is 41.9 Å². The van der Waals surface area contributed by atoms with Gasteiger partial charge in [0, 0.05) is 42.9 Å². The Bertz CT molecular complexity index is 2280. The maximum atomic E-state index is 15.4. The quantitative estimate of drug-likeness (QED) is 0.121. The first kappa shape index (κ1) is 41.4. The van der Waals surface area contributed by atoms with Crippen LogP contribution in [0.15, 0.2) is 103 Å². The molecule has 2 amide bonds. The molecule has 314 valence electrons. The predicted octanol–water partition coefficient (Wildman–Crippen LogP) is 7.57. The Kier molecular flexibility index (Phi) is 12.0. The smallest absolute Gasteiger partial charge is 0.264 e. The lowest BCUT2D eigenvalue weighted by Crippen LogP contribution is -2.51. The van der Waals surface area contributed by atoms with Crippen LogP contribution < -0.4 is 24.5 Å². The summed E-state index contributed by atoms with van der Waals surface area (Å²) in [5.41, 5.74) is 3.96. The van der Waals surface area contributed by atoms with Crippen molar-refractivity contribution >= 4 is 36.4 Å². The number of hydrogen-bond acceptors (Lipinski definition) is 8. The number of aliphatic hydroxyl groups is 1. The van der Waals surface area contributed by atoms with Crippen LogP contribution in [0, 0.1) is 5.92 Å². The number of aryl methyl sites for hydroxylation is 1. The number of rotatable bonds is 13. The number of aliphatic hydroxyl groups excluding tert-OH is 1. The maximum Gasteiger partial charge on any atom is 0.264 e. The minimum atomic E-state index is -2.40. The number of amides is 2. The predicted molar refractivity (Wildman–Crippen MR) is 236 cm³/mol. The molecule has 1 unspecified atom stereocenters. The molecular formula is C48H57N5O6Si.